The van der Waals surface area contributed by atoms with Crippen LogP contribution in [-0.4, -0.2) is 13.0 Å². The van der Waals surface area contributed by atoms with Gasteiger partial charge in [0.2, 0.25) is 5.91 Å². The topological polar surface area (TPSA) is 46.3 Å². The van der Waals surface area contributed by atoms with Crippen molar-refractivity contribution >= 4 is 33.2 Å². The SMILES string of the molecule is CCCC1C(=O)N(C)c2cc(N)c(Br)cc21. The number of hydrogen-bond acceptors (Lipinski definition) is 2. The normalized spacial score (nSPS) is 19.1. The number of carbonyl (C=O) groups excluding carboxylic acids is 1. The Morgan fingerprint density at radius 2 is 2.19 bits per heavy atom. The van der Waals surface area contributed by atoms with Crippen LogP contribution in [-0.2, 0) is 4.79 Å². The van der Waals surface area contributed by atoms with Gasteiger partial charge in [0, 0.05) is 22.9 Å². The molecule has 1 aliphatic heterocycles. The lowest BCUT2D eigenvalue weighted by atomic mass is 9.96. The second-order valence-corrected chi connectivity index (χ2v) is 5.03. The van der Waals surface area contributed by atoms with Crippen molar-refractivity contribution in [1.82, 2.24) is 0 Å². The second-order valence-electron chi connectivity index (χ2n) is 4.17. The minimum Gasteiger partial charge on any atom is -0.398 e. The van der Waals surface area contributed by atoms with E-state index in [0.29, 0.717) is 5.69 Å². The quantitative estimate of drug-likeness (QED) is 0.848. The van der Waals surface area contributed by atoms with E-state index >= 15 is 0 Å². The molecule has 1 atom stereocenters. The molecule has 0 radical (unpaired) electrons. The molecule has 3 nitrogen and oxygen atoms in total. The minimum absolute atomic E-state index is 0.00176. The molecule has 2 rings (SSSR count). The van der Waals surface area contributed by atoms with Gasteiger partial charge in [-0.15, -0.1) is 0 Å². The zero-order chi connectivity index (χ0) is 11.9. The highest BCUT2D eigenvalue weighted by Crippen LogP contribution is 2.42. The number of benzene rings is 1. The molecular formula is C12H15BrN2O. The number of anilines is 2. The van der Waals surface area contributed by atoms with Gasteiger partial charge in [0.15, 0.2) is 0 Å². The van der Waals surface area contributed by atoms with Gasteiger partial charge in [-0.25, -0.2) is 0 Å². The van der Waals surface area contributed by atoms with E-state index in [-0.39, 0.29) is 11.8 Å². The maximum Gasteiger partial charge on any atom is 0.234 e. The van der Waals surface area contributed by atoms with Gasteiger partial charge in [-0.1, -0.05) is 13.3 Å². The van der Waals surface area contributed by atoms with Crippen LogP contribution in [0.15, 0.2) is 16.6 Å². The number of amides is 1. The average Bonchev–Trinajstić information content (AvgIpc) is 2.46. The van der Waals surface area contributed by atoms with Crippen molar-refractivity contribution in [2.45, 2.75) is 25.7 Å². The van der Waals surface area contributed by atoms with Crippen LogP contribution in [0.2, 0.25) is 0 Å². The third-order valence-corrected chi connectivity index (χ3v) is 3.78. The van der Waals surface area contributed by atoms with E-state index < -0.39 is 0 Å². The fraction of sp³-hybridized carbons (Fsp3) is 0.417. The zero-order valence-electron chi connectivity index (χ0n) is 9.46. The molecule has 1 aromatic rings. The fourth-order valence-corrected chi connectivity index (χ4v) is 2.58. The number of halogens is 1. The van der Waals surface area contributed by atoms with E-state index in [1.165, 1.54) is 0 Å². The van der Waals surface area contributed by atoms with Crippen LogP contribution >= 0.6 is 15.9 Å². The summed E-state index contributed by atoms with van der Waals surface area (Å²) in [6.07, 6.45) is 1.90. The van der Waals surface area contributed by atoms with Gasteiger partial charge in [-0.2, -0.15) is 0 Å². The molecule has 1 aromatic carbocycles. The molecule has 2 N–H and O–H groups in total. The van der Waals surface area contributed by atoms with Crippen LogP contribution in [0.1, 0.15) is 31.2 Å². The Morgan fingerprint density at radius 3 is 2.81 bits per heavy atom. The molecule has 1 amide bonds. The standard InChI is InChI=1S/C12H15BrN2O/c1-3-4-7-8-5-9(13)10(14)6-11(8)15(2)12(7)16/h5-7H,3-4,14H2,1-2H3. The predicted molar refractivity (Wildman–Crippen MR) is 69.6 cm³/mol. The lowest BCUT2D eigenvalue weighted by Crippen LogP contribution is -2.23. The van der Waals surface area contributed by atoms with Crippen molar-refractivity contribution in [3.8, 4) is 0 Å². The van der Waals surface area contributed by atoms with Crippen molar-refractivity contribution in [3.63, 3.8) is 0 Å². The third kappa shape index (κ3) is 1.61. The van der Waals surface area contributed by atoms with Crippen LogP contribution in [0.5, 0.6) is 0 Å². The third-order valence-electron chi connectivity index (χ3n) is 3.09. The lowest BCUT2D eigenvalue weighted by molar-refractivity contribution is -0.119. The summed E-state index contributed by atoms with van der Waals surface area (Å²) in [5.74, 6) is 0.177. The Bertz CT molecular complexity index is 445. The molecule has 0 fully saturated rings. The summed E-state index contributed by atoms with van der Waals surface area (Å²) in [4.78, 5) is 13.8. The van der Waals surface area contributed by atoms with E-state index in [0.717, 1.165) is 28.6 Å². The van der Waals surface area contributed by atoms with Gasteiger partial charge in [0.1, 0.15) is 0 Å². The monoisotopic (exact) mass is 282 g/mol. The van der Waals surface area contributed by atoms with E-state index in [1.54, 1.807) is 4.90 Å². The maximum absolute atomic E-state index is 12.0. The van der Waals surface area contributed by atoms with Crippen LogP contribution in [0.3, 0.4) is 0 Å². The fourth-order valence-electron chi connectivity index (χ4n) is 2.22. The van der Waals surface area contributed by atoms with Crippen molar-refractivity contribution in [2.24, 2.45) is 0 Å². The van der Waals surface area contributed by atoms with Gasteiger partial charge >= 0.3 is 0 Å². The molecule has 0 aliphatic carbocycles. The van der Waals surface area contributed by atoms with Gasteiger partial charge in [-0.3, -0.25) is 4.79 Å². The lowest BCUT2D eigenvalue weighted by Gasteiger charge is -2.10. The number of nitrogen functional groups attached to an aromatic ring is 1. The number of hydrogen-bond donors (Lipinski definition) is 1. The molecule has 0 aromatic heterocycles. The Hall–Kier alpha value is -1.03. The number of nitrogens with zero attached hydrogens (tertiary/aromatic N) is 1. The Labute approximate surface area is 104 Å². The number of fused-ring (bicyclic) bond motifs is 1. The molecule has 1 unspecified atom stereocenters. The summed E-state index contributed by atoms with van der Waals surface area (Å²) >= 11 is 3.41. The summed E-state index contributed by atoms with van der Waals surface area (Å²) < 4.78 is 0.871. The Balaban J connectivity index is 2.52. The van der Waals surface area contributed by atoms with Crippen LogP contribution in [0.4, 0.5) is 11.4 Å². The van der Waals surface area contributed by atoms with Crippen molar-refractivity contribution < 1.29 is 4.79 Å². The zero-order valence-corrected chi connectivity index (χ0v) is 11.0. The van der Waals surface area contributed by atoms with Crippen LogP contribution in [0.25, 0.3) is 0 Å². The van der Waals surface area contributed by atoms with E-state index in [2.05, 4.69) is 22.9 Å². The molecule has 1 aliphatic rings. The van der Waals surface area contributed by atoms with Gasteiger partial charge in [0.25, 0.3) is 0 Å². The molecule has 0 spiro atoms. The number of carbonyl (C=O) groups is 1. The average molecular weight is 283 g/mol. The van der Waals surface area contributed by atoms with Crippen molar-refractivity contribution in [1.29, 1.82) is 0 Å². The summed E-state index contributed by atoms with van der Waals surface area (Å²) in [7, 11) is 1.81. The highest BCUT2D eigenvalue weighted by Gasteiger charge is 2.34. The molecule has 16 heavy (non-hydrogen) atoms. The summed E-state index contributed by atoms with van der Waals surface area (Å²) in [6, 6.07) is 3.85. The van der Waals surface area contributed by atoms with E-state index in [4.69, 9.17) is 5.73 Å². The van der Waals surface area contributed by atoms with Gasteiger partial charge in [0.05, 0.1) is 5.92 Å². The van der Waals surface area contributed by atoms with Crippen LogP contribution < -0.4 is 10.6 Å². The van der Waals surface area contributed by atoms with Gasteiger partial charge in [-0.05, 0) is 40.0 Å². The summed E-state index contributed by atoms with van der Waals surface area (Å²) in [6.45, 7) is 2.09. The first-order chi connectivity index (χ1) is 7.56. The Kier molecular flexibility index (Phi) is 2.93. The summed E-state index contributed by atoms with van der Waals surface area (Å²) in [5, 5.41) is 0. The minimum atomic E-state index is 0.00176. The van der Waals surface area contributed by atoms with E-state index in [9.17, 15) is 4.79 Å². The summed E-state index contributed by atoms with van der Waals surface area (Å²) in [5.41, 5.74) is 8.55. The molecule has 86 valence electrons. The highest BCUT2D eigenvalue weighted by atomic mass is 79.9. The first-order valence-electron chi connectivity index (χ1n) is 5.42. The number of likely N-dealkylation sites (N-methyl/N-ethyl adjacent to an activating group) is 1. The molecule has 1 heterocycles. The first-order valence-corrected chi connectivity index (χ1v) is 6.22. The second kappa shape index (κ2) is 4.09. The molecule has 0 saturated carbocycles. The smallest absolute Gasteiger partial charge is 0.234 e. The largest absolute Gasteiger partial charge is 0.398 e. The Morgan fingerprint density at radius 1 is 1.50 bits per heavy atom. The first kappa shape index (κ1) is 11.5. The predicted octanol–water partition coefficient (Wildman–Crippen LogP) is 2.89. The molecule has 0 bridgehead atoms. The van der Waals surface area contributed by atoms with Crippen LogP contribution in [0, 0.1) is 0 Å². The number of rotatable bonds is 2. The van der Waals surface area contributed by atoms with E-state index in [1.807, 2.05) is 19.2 Å². The van der Waals surface area contributed by atoms with Crippen molar-refractivity contribution in [3.05, 3.63) is 22.2 Å². The molecule has 4 heteroatoms. The molecular weight excluding hydrogens is 268 g/mol. The van der Waals surface area contributed by atoms with Crippen molar-refractivity contribution in [2.75, 3.05) is 17.7 Å². The molecule has 0 saturated heterocycles. The highest BCUT2D eigenvalue weighted by molar-refractivity contribution is 9.10. The maximum atomic E-state index is 12.0. The number of nitrogens with two attached hydrogens (primary N) is 1. The van der Waals surface area contributed by atoms with Gasteiger partial charge < -0.3 is 10.6 Å².